The van der Waals surface area contributed by atoms with E-state index in [1.807, 2.05) is 0 Å². The van der Waals surface area contributed by atoms with Crippen molar-refractivity contribution in [2.24, 2.45) is 0 Å². The zero-order valence-electron chi connectivity index (χ0n) is 12.1. The molecule has 0 heterocycles. The summed E-state index contributed by atoms with van der Waals surface area (Å²) < 4.78 is 5.15. The zero-order chi connectivity index (χ0) is 13.3. The van der Waals surface area contributed by atoms with Gasteiger partial charge in [-0.25, -0.2) is 0 Å². The first-order valence-corrected chi connectivity index (χ1v) is 6.61. The van der Waals surface area contributed by atoms with Crippen LogP contribution in [-0.4, -0.2) is 61.5 Å². The molecular weight excluding hydrogens is 216 g/mol. The normalized spacial score (nSPS) is 17.1. The molecule has 0 spiro atoms. The Morgan fingerprint density at radius 1 is 1.41 bits per heavy atom. The van der Waals surface area contributed by atoms with E-state index >= 15 is 0 Å². The van der Waals surface area contributed by atoms with Gasteiger partial charge in [-0.05, 0) is 26.8 Å². The second-order valence-corrected chi connectivity index (χ2v) is 4.97. The van der Waals surface area contributed by atoms with Crippen LogP contribution in [0.25, 0.3) is 0 Å². The lowest BCUT2D eigenvalue weighted by atomic mass is 10.0. The van der Waals surface area contributed by atoms with Crippen LogP contribution in [0.2, 0.25) is 0 Å². The summed E-state index contributed by atoms with van der Waals surface area (Å²) in [6.07, 6.45) is 1.11. The number of aliphatic hydroxyl groups is 1. The van der Waals surface area contributed by atoms with E-state index in [0.29, 0.717) is 6.04 Å². The number of hydrogen-bond acceptors (Lipinski definition) is 4. The molecule has 0 aromatic heterocycles. The lowest BCUT2D eigenvalue weighted by Crippen LogP contribution is -2.56. The van der Waals surface area contributed by atoms with Gasteiger partial charge in [0.2, 0.25) is 0 Å². The van der Waals surface area contributed by atoms with Crippen LogP contribution in [0.5, 0.6) is 0 Å². The van der Waals surface area contributed by atoms with Gasteiger partial charge in [0.1, 0.15) is 0 Å². The van der Waals surface area contributed by atoms with Gasteiger partial charge in [-0.3, -0.25) is 4.90 Å². The van der Waals surface area contributed by atoms with Gasteiger partial charge in [0, 0.05) is 26.2 Å². The summed E-state index contributed by atoms with van der Waals surface area (Å²) in [7, 11) is 1.73. The van der Waals surface area contributed by atoms with Gasteiger partial charge in [-0.15, -0.1) is 0 Å². The van der Waals surface area contributed by atoms with Crippen LogP contribution in [0.15, 0.2) is 0 Å². The average Bonchev–Trinajstić information content (AvgIpc) is 2.33. The third-order valence-electron chi connectivity index (χ3n) is 3.30. The van der Waals surface area contributed by atoms with Crippen molar-refractivity contribution in [1.29, 1.82) is 0 Å². The minimum Gasteiger partial charge on any atom is -0.394 e. The number of hydrogen-bond donors (Lipinski definition) is 2. The van der Waals surface area contributed by atoms with Crippen molar-refractivity contribution < 1.29 is 9.84 Å². The molecule has 0 bridgehead atoms. The Morgan fingerprint density at radius 3 is 2.47 bits per heavy atom. The number of ether oxygens (including phenoxy) is 1. The van der Waals surface area contributed by atoms with Gasteiger partial charge < -0.3 is 15.2 Å². The van der Waals surface area contributed by atoms with E-state index in [-0.39, 0.29) is 12.1 Å². The second kappa shape index (κ2) is 8.86. The van der Waals surface area contributed by atoms with Crippen LogP contribution in [0.3, 0.4) is 0 Å². The van der Waals surface area contributed by atoms with E-state index < -0.39 is 0 Å². The number of likely N-dealkylation sites (N-methyl/N-ethyl adjacent to an activating group) is 1. The topological polar surface area (TPSA) is 44.7 Å². The molecule has 0 aliphatic heterocycles. The summed E-state index contributed by atoms with van der Waals surface area (Å²) in [5.74, 6) is 0. The van der Waals surface area contributed by atoms with E-state index in [0.717, 1.165) is 32.7 Å². The lowest BCUT2D eigenvalue weighted by molar-refractivity contribution is 0.0735. The maximum absolute atomic E-state index is 9.52. The van der Waals surface area contributed by atoms with E-state index in [4.69, 9.17) is 4.74 Å². The Hall–Kier alpha value is -0.160. The minimum atomic E-state index is -0.230. The van der Waals surface area contributed by atoms with Crippen LogP contribution in [-0.2, 0) is 4.74 Å². The van der Waals surface area contributed by atoms with Crippen molar-refractivity contribution in [2.45, 2.75) is 45.7 Å². The van der Waals surface area contributed by atoms with Gasteiger partial charge in [-0.1, -0.05) is 13.8 Å². The number of nitrogens with zero attached hydrogens (tertiary/aromatic N) is 1. The fourth-order valence-corrected chi connectivity index (χ4v) is 1.96. The molecule has 0 radical (unpaired) electrons. The molecule has 4 nitrogen and oxygen atoms in total. The third-order valence-corrected chi connectivity index (χ3v) is 3.30. The molecule has 0 rings (SSSR count). The van der Waals surface area contributed by atoms with Crippen molar-refractivity contribution in [1.82, 2.24) is 10.2 Å². The molecule has 104 valence electrons. The second-order valence-electron chi connectivity index (χ2n) is 4.97. The van der Waals surface area contributed by atoms with Crippen molar-refractivity contribution in [3.63, 3.8) is 0 Å². The number of methoxy groups -OCH3 is 1. The smallest absolute Gasteiger partial charge is 0.0623 e. The van der Waals surface area contributed by atoms with E-state index in [2.05, 4.69) is 37.9 Å². The molecule has 0 amide bonds. The van der Waals surface area contributed by atoms with Gasteiger partial charge in [0.25, 0.3) is 0 Å². The van der Waals surface area contributed by atoms with Crippen LogP contribution in [0.1, 0.15) is 34.1 Å². The van der Waals surface area contributed by atoms with Crippen molar-refractivity contribution in [3.8, 4) is 0 Å². The maximum atomic E-state index is 9.52. The Labute approximate surface area is 106 Å². The highest BCUT2D eigenvalue weighted by molar-refractivity contribution is 4.87. The van der Waals surface area contributed by atoms with Gasteiger partial charge in [-0.2, -0.15) is 0 Å². The Bertz CT molecular complexity index is 190. The molecule has 0 aliphatic carbocycles. The molecule has 0 aliphatic rings. The van der Waals surface area contributed by atoms with Crippen molar-refractivity contribution in [2.75, 3.05) is 40.0 Å². The summed E-state index contributed by atoms with van der Waals surface area (Å²) in [6.45, 7) is 12.1. The highest BCUT2D eigenvalue weighted by atomic mass is 16.5. The predicted octanol–water partition coefficient (Wildman–Crippen LogP) is 1.09. The van der Waals surface area contributed by atoms with Gasteiger partial charge in [0.15, 0.2) is 0 Å². The Morgan fingerprint density at radius 2 is 2.06 bits per heavy atom. The number of rotatable bonds is 10. The first-order chi connectivity index (χ1) is 8.02. The van der Waals surface area contributed by atoms with Gasteiger partial charge in [0.05, 0.1) is 18.8 Å². The average molecular weight is 246 g/mol. The molecule has 0 saturated heterocycles. The molecule has 0 fully saturated rings. The quantitative estimate of drug-likeness (QED) is 0.606. The molecule has 2 unspecified atom stereocenters. The molecule has 4 heteroatoms. The van der Waals surface area contributed by atoms with Crippen molar-refractivity contribution >= 4 is 0 Å². The summed E-state index contributed by atoms with van der Waals surface area (Å²) >= 11 is 0. The van der Waals surface area contributed by atoms with E-state index in [9.17, 15) is 5.11 Å². The van der Waals surface area contributed by atoms with Crippen LogP contribution >= 0.6 is 0 Å². The first kappa shape index (κ1) is 16.8. The van der Waals surface area contributed by atoms with E-state index in [1.165, 1.54) is 0 Å². The SMILES string of the molecule is CCNC(C)(CO)CN(CCOC)C(C)CC. The lowest BCUT2D eigenvalue weighted by Gasteiger charge is -2.37. The Kier molecular flexibility index (Phi) is 8.78. The summed E-state index contributed by atoms with van der Waals surface area (Å²) in [6, 6.07) is 0.509. The van der Waals surface area contributed by atoms with Crippen LogP contribution in [0, 0.1) is 0 Å². The summed E-state index contributed by atoms with van der Waals surface area (Å²) in [5, 5.41) is 12.9. The molecule has 2 N–H and O–H groups in total. The minimum absolute atomic E-state index is 0.154. The highest BCUT2D eigenvalue weighted by Gasteiger charge is 2.26. The molecule has 2 atom stereocenters. The van der Waals surface area contributed by atoms with Gasteiger partial charge >= 0.3 is 0 Å². The standard InChI is InChI=1S/C13H30N2O2/c1-6-12(3)15(8-9-17-5)10-13(4,11-16)14-7-2/h12,14,16H,6-11H2,1-5H3. The monoisotopic (exact) mass is 246 g/mol. The van der Waals surface area contributed by atoms with Crippen molar-refractivity contribution in [3.05, 3.63) is 0 Å². The highest BCUT2D eigenvalue weighted by Crippen LogP contribution is 2.11. The summed E-state index contributed by atoms with van der Waals surface area (Å²) in [4.78, 5) is 2.38. The number of aliphatic hydroxyl groups excluding tert-OH is 1. The van der Waals surface area contributed by atoms with Crippen LogP contribution in [0.4, 0.5) is 0 Å². The maximum Gasteiger partial charge on any atom is 0.0623 e. The molecule has 17 heavy (non-hydrogen) atoms. The van der Waals surface area contributed by atoms with E-state index in [1.54, 1.807) is 7.11 Å². The molecule has 0 aromatic carbocycles. The predicted molar refractivity (Wildman–Crippen MR) is 72.4 cm³/mol. The summed E-state index contributed by atoms with van der Waals surface area (Å²) in [5.41, 5.74) is -0.230. The van der Waals surface area contributed by atoms with Crippen LogP contribution < -0.4 is 5.32 Å². The largest absolute Gasteiger partial charge is 0.394 e. The first-order valence-electron chi connectivity index (χ1n) is 6.61. The fraction of sp³-hybridized carbons (Fsp3) is 1.00. The fourth-order valence-electron chi connectivity index (χ4n) is 1.96. The Balaban J connectivity index is 4.46. The third kappa shape index (κ3) is 6.36. The molecular formula is C13H30N2O2. The zero-order valence-corrected chi connectivity index (χ0v) is 12.1. The molecule has 0 aromatic rings. The number of nitrogens with one attached hydrogen (secondary N) is 1. The molecule has 0 saturated carbocycles.